The first-order chi connectivity index (χ1) is 7.47. The maximum atomic E-state index is 12.5. The molecular formula is C10H8F2O4. The molecule has 0 amide bonds. The molecule has 0 aliphatic carbocycles. The zero-order valence-electron chi connectivity index (χ0n) is 8.24. The highest BCUT2D eigenvalue weighted by Gasteiger charge is 2.20. The summed E-state index contributed by atoms with van der Waals surface area (Å²) in [5.41, 5.74) is -1.33. The van der Waals surface area contributed by atoms with Gasteiger partial charge in [0.1, 0.15) is 0 Å². The van der Waals surface area contributed by atoms with E-state index in [2.05, 4.69) is 4.74 Å². The highest BCUT2D eigenvalue weighted by atomic mass is 19.3. The van der Waals surface area contributed by atoms with Gasteiger partial charge in [-0.2, -0.15) is 0 Å². The first-order valence-corrected chi connectivity index (χ1v) is 4.21. The maximum absolute atomic E-state index is 12.5. The molecule has 1 N–H and O–H groups in total. The van der Waals surface area contributed by atoms with E-state index in [1.807, 2.05) is 0 Å². The third kappa shape index (κ3) is 2.33. The molecule has 0 aliphatic heterocycles. The van der Waals surface area contributed by atoms with Crippen molar-refractivity contribution in [2.24, 2.45) is 0 Å². The lowest BCUT2D eigenvalue weighted by Crippen LogP contribution is -2.07. The highest BCUT2D eigenvalue weighted by Crippen LogP contribution is 2.24. The van der Waals surface area contributed by atoms with Crippen LogP contribution in [0.1, 0.15) is 32.7 Å². The van der Waals surface area contributed by atoms with Crippen molar-refractivity contribution in [2.45, 2.75) is 6.43 Å². The molecule has 0 radical (unpaired) electrons. The molecule has 0 heterocycles. The molecule has 0 aliphatic rings. The Labute approximate surface area is 89.5 Å². The van der Waals surface area contributed by atoms with Gasteiger partial charge in [-0.25, -0.2) is 18.4 Å². The summed E-state index contributed by atoms with van der Waals surface area (Å²) in [5, 5.41) is 8.65. The Morgan fingerprint density at radius 3 is 2.44 bits per heavy atom. The molecule has 0 unspecified atom stereocenters. The Morgan fingerprint density at radius 2 is 2.00 bits per heavy atom. The van der Waals surface area contributed by atoms with Gasteiger partial charge in [0.05, 0.1) is 18.2 Å². The number of halogens is 2. The third-order valence-electron chi connectivity index (χ3n) is 1.94. The number of hydrogen-bond donors (Lipinski definition) is 1. The number of ether oxygens (including phenoxy) is 1. The number of rotatable bonds is 3. The van der Waals surface area contributed by atoms with Crippen LogP contribution in [0.5, 0.6) is 0 Å². The number of carboxylic acids is 1. The molecule has 0 saturated heterocycles. The van der Waals surface area contributed by atoms with Gasteiger partial charge in [0.25, 0.3) is 6.43 Å². The Balaban J connectivity index is 3.28. The van der Waals surface area contributed by atoms with Crippen LogP contribution in [0, 0.1) is 0 Å². The number of esters is 1. The van der Waals surface area contributed by atoms with Gasteiger partial charge in [-0.05, 0) is 18.2 Å². The topological polar surface area (TPSA) is 63.6 Å². The van der Waals surface area contributed by atoms with E-state index in [0.29, 0.717) is 0 Å². The largest absolute Gasteiger partial charge is 0.478 e. The van der Waals surface area contributed by atoms with Gasteiger partial charge in [0.2, 0.25) is 0 Å². The number of alkyl halides is 2. The lowest BCUT2D eigenvalue weighted by molar-refractivity contribution is 0.0597. The minimum atomic E-state index is -2.96. The van der Waals surface area contributed by atoms with Crippen molar-refractivity contribution in [2.75, 3.05) is 7.11 Å². The average Bonchev–Trinajstić information content (AvgIpc) is 2.26. The van der Waals surface area contributed by atoms with Crippen molar-refractivity contribution in [1.29, 1.82) is 0 Å². The Hall–Kier alpha value is -1.98. The second-order valence-corrected chi connectivity index (χ2v) is 2.90. The molecular weight excluding hydrogens is 222 g/mol. The SMILES string of the molecule is COC(=O)c1ccc(C(=O)O)c(C(F)F)c1. The van der Waals surface area contributed by atoms with Gasteiger partial charge in [-0.3, -0.25) is 0 Å². The van der Waals surface area contributed by atoms with Crippen LogP contribution in [-0.4, -0.2) is 24.2 Å². The lowest BCUT2D eigenvalue weighted by atomic mass is 10.0. The minimum absolute atomic E-state index is 0.109. The van der Waals surface area contributed by atoms with Gasteiger partial charge in [-0.1, -0.05) is 0 Å². The van der Waals surface area contributed by atoms with Gasteiger partial charge < -0.3 is 9.84 Å². The van der Waals surface area contributed by atoms with Crippen LogP contribution in [-0.2, 0) is 4.74 Å². The predicted octanol–water partition coefficient (Wildman–Crippen LogP) is 2.11. The fourth-order valence-electron chi connectivity index (χ4n) is 1.18. The predicted molar refractivity (Wildman–Crippen MR) is 49.7 cm³/mol. The van der Waals surface area contributed by atoms with Crippen LogP contribution >= 0.6 is 0 Å². The van der Waals surface area contributed by atoms with E-state index < -0.39 is 29.5 Å². The van der Waals surface area contributed by atoms with Crippen LogP contribution < -0.4 is 0 Å². The molecule has 6 heteroatoms. The van der Waals surface area contributed by atoms with Crippen LogP contribution in [0.2, 0.25) is 0 Å². The molecule has 4 nitrogen and oxygen atoms in total. The van der Waals surface area contributed by atoms with Gasteiger partial charge in [-0.15, -0.1) is 0 Å². The summed E-state index contributed by atoms with van der Waals surface area (Å²) in [5.74, 6) is -2.26. The van der Waals surface area contributed by atoms with Crippen LogP contribution in [0.3, 0.4) is 0 Å². The Kier molecular flexibility index (Phi) is 3.55. The van der Waals surface area contributed by atoms with E-state index in [1.165, 1.54) is 0 Å². The minimum Gasteiger partial charge on any atom is -0.478 e. The molecule has 0 bridgehead atoms. The van der Waals surface area contributed by atoms with Crippen LogP contribution in [0.15, 0.2) is 18.2 Å². The van der Waals surface area contributed by atoms with E-state index in [0.717, 1.165) is 25.3 Å². The number of carbonyl (C=O) groups excluding carboxylic acids is 1. The quantitative estimate of drug-likeness (QED) is 0.807. The molecule has 0 saturated carbocycles. The van der Waals surface area contributed by atoms with Crippen molar-refractivity contribution < 1.29 is 28.2 Å². The fourth-order valence-corrected chi connectivity index (χ4v) is 1.18. The summed E-state index contributed by atoms with van der Waals surface area (Å²) in [6.45, 7) is 0. The van der Waals surface area contributed by atoms with Crippen LogP contribution in [0.25, 0.3) is 0 Å². The normalized spacial score (nSPS) is 10.2. The smallest absolute Gasteiger partial charge is 0.337 e. The number of hydrogen-bond acceptors (Lipinski definition) is 3. The molecule has 0 spiro atoms. The number of carboxylic acid groups (broad SMARTS) is 1. The van der Waals surface area contributed by atoms with Crippen LogP contribution in [0.4, 0.5) is 8.78 Å². The molecule has 0 atom stereocenters. The van der Waals surface area contributed by atoms with E-state index in [4.69, 9.17) is 5.11 Å². The molecule has 86 valence electrons. The zero-order valence-corrected chi connectivity index (χ0v) is 8.24. The summed E-state index contributed by atoms with van der Waals surface area (Å²) in [4.78, 5) is 21.7. The van der Waals surface area contributed by atoms with Crippen molar-refractivity contribution >= 4 is 11.9 Å². The number of aromatic carboxylic acids is 1. The third-order valence-corrected chi connectivity index (χ3v) is 1.94. The molecule has 1 aromatic rings. The summed E-state index contributed by atoms with van der Waals surface area (Å²) < 4.78 is 29.4. The molecule has 1 rings (SSSR count). The number of benzene rings is 1. The van der Waals surface area contributed by atoms with Gasteiger partial charge in [0.15, 0.2) is 0 Å². The fraction of sp³-hybridized carbons (Fsp3) is 0.200. The zero-order chi connectivity index (χ0) is 12.3. The first-order valence-electron chi connectivity index (χ1n) is 4.21. The van der Waals surface area contributed by atoms with Crippen molar-refractivity contribution in [1.82, 2.24) is 0 Å². The number of carbonyl (C=O) groups is 2. The average molecular weight is 230 g/mol. The second kappa shape index (κ2) is 4.69. The van der Waals surface area contributed by atoms with Crippen molar-refractivity contribution in [3.8, 4) is 0 Å². The summed E-state index contributed by atoms with van der Waals surface area (Å²) >= 11 is 0. The van der Waals surface area contributed by atoms with E-state index >= 15 is 0 Å². The van der Waals surface area contributed by atoms with Gasteiger partial charge >= 0.3 is 11.9 Å². The highest BCUT2D eigenvalue weighted by molar-refractivity contribution is 5.94. The van der Waals surface area contributed by atoms with Crippen molar-refractivity contribution in [3.63, 3.8) is 0 Å². The second-order valence-electron chi connectivity index (χ2n) is 2.90. The summed E-state index contributed by atoms with van der Waals surface area (Å²) in [7, 11) is 1.11. The molecule has 1 aromatic carbocycles. The Bertz CT molecular complexity index is 429. The molecule has 16 heavy (non-hydrogen) atoms. The number of methoxy groups -OCH3 is 1. The van der Waals surface area contributed by atoms with E-state index in [1.54, 1.807) is 0 Å². The summed E-state index contributed by atoms with van der Waals surface area (Å²) in [6.07, 6.45) is -2.96. The Morgan fingerprint density at radius 1 is 1.38 bits per heavy atom. The first kappa shape index (κ1) is 12.1. The summed E-state index contributed by atoms with van der Waals surface area (Å²) in [6, 6.07) is 2.90. The van der Waals surface area contributed by atoms with E-state index in [-0.39, 0.29) is 5.56 Å². The van der Waals surface area contributed by atoms with Crippen molar-refractivity contribution in [3.05, 3.63) is 34.9 Å². The van der Waals surface area contributed by atoms with E-state index in [9.17, 15) is 18.4 Å². The molecule has 0 fully saturated rings. The molecule has 0 aromatic heterocycles. The standard InChI is InChI=1S/C10H8F2O4/c1-16-10(15)5-2-3-6(9(13)14)7(4-5)8(11)12/h2-4,8H,1H3,(H,13,14). The lowest BCUT2D eigenvalue weighted by Gasteiger charge is -2.06. The van der Waals surface area contributed by atoms with Gasteiger partial charge in [0, 0.05) is 5.56 Å². The monoisotopic (exact) mass is 230 g/mol. The maximum Gasteiger partial charge on any atom is 0.337 e.